The number of carboxylic acid groups (broad SMARTS) is 1. The minimum Gasteiger partial charge on any atom is -0.481 e. The summed E-state index contributed by atoms with van der Waals surface area (Å²) in [7, 11) is 2.96. The number of hydrogen-bond donors (Lipinski definition) is 2. The monoisotopic (exact) mass is 684 g/mol. The van der Waals surface area contributed by atoms with E-state index in [1.54, 1.807) is 19.1 Å². The fraction of sp³-hybridized carbons (Fsp3) is 0.452. The third-order valence-electron chi connectivity index (χ3n) is 7.63. The van der Waals surface area contributed by atoms with Gasteiger partial charge in [-0.15, -0.1) is 0 Å². The normalized spacial score (nSPS) is 16.2. The van der Waals surface area contributed by atoms with Crippen molar-refractivity contribution in [2.45, 2.75) is 64.0 Å². The highest BCUT2D eigenvalue weighted by atomic mass is 19.4. The Kier molecular flexibility index (Phi) is 10.9. The lowest BCUT2D eigenvalue weighted by Gasteiger charge is -2.39. The van der Waals surface area contributed by atoms with Crippen LogP contribution < -0.4 is 19.9 Å². The van der Waals surface area contributed by atoms with Gasteiger partial charge in [-0.05, 0) is 49.6 Å². The maximum atomic E-state index is 13.6. The number of methoxy groups -OCH3 is 1. The van der Waals surface area contributed by atoms with Crippen LogP contribution >= 0.6 is 0 Å². The van der Waals surface area contributed by atoms with Crippen LogP contribution in [0.2, 0.25) is 0 Å². The molecular formula is C31H34F6N6O5. The van der Waals surface area contributed by atoms with Gasteiger partial charge in [0, 0.05) is 38.2 Å². The van der Waals surface area contributed by atoms with E-state index in [1.807, 2.05) is 6.92 Å². The van der Waals surface area contributed by atoms with E-state index < -0.39 is 48.0 Å². The Labute approximate surface area is 271 Å². The molecule has 3 aromatic rings. The van der Waals surface area contributed by atoms with Crippen LogP contribution in [-0.2, 0) is 28.3 Å². The number of carbonyl (C=O) groups is 2. The minimum atomic E-state index is -5.04. The highest BCUT2D eigenvalue weighted by Crippen LogP contribution is 2.41. The van der Waals surface area contributed by atoms with E-state index in [4.69, 9.17) is 9.47 Å². The molecule has 0 saturated carbocycles. The van der Waals surface area contributed by atoms with Gasteiger partial charge in [-0.1, -0.05) is 6.92 Å². The first-order valence-electron chi connectivity index (χ1n) is 14.9. The van der Waals surface area contributed by atoms with Crippen molar-refractivity contribution in [1.82, 2.24) is 15.0 Å². The zero-order valence-corrected chi connectivity index (χ0v) is 26.4. The van der Waals surface area contributed by atoms with Crippen LogP contribution in [0.15, 0.2) is 36.4 Å². The standard InChI is InChI=1S/C31H34F6N6O5/c1-5-20-15-21(28-22(7-8-26(41-28)47-4)43(20)29(46)48-6-2)38-24-16-25(42(3)10-9-27(44)45)40-23(39-24)13-17-11-18(30(32,33)34)14-19(12-17)31(35,36)37/h7-8,11-12,14,16,20-21H,5-6,9-10,13,15H2,1-4H3,(H,44,45)(H,38,39,40)/t20-,21+/m1/s1. The van der Waals surface area contributed by atoms with Crippen LogP contribution in [-0.4, -0.2) is 65.5 Å². The molecule has 2 atom stereocenters. The molecule has 0 aliphatic carbocycles. The van der Waals surface area contributed by atoms with E-state index >= 15 is 0 Å². The number of hydrogen-bond acceptors (Lipinski definition) is 9. The Morgan fingerprint density at radius 1 is 1.02 bits per heavy atom. The summed E-state index contributed by atoms with van der Waals surface area (Å²) in [5.41, 5.74) is -2.44. The molecule has 1 aromatic carbocycles. The molecule has 11 nitrogen and oxygen atoms in total. The van der Waals surface area contributed by atoms with Crippen molar-refractivity contribution < 1.29 is 50.5 Å². The van der Waals surface area contributed by atoms with Gasteiger partial charge in [0.25, 0.3) is 0 Å². The van der Waals surface area contributed by atoms with Crippen LogP contribution in [0, 0.1) is 0 Å². The summed E-state index contributed by atoms with van der Waals surface area (Å²) in [4.78, 5) is 40.6. The quantitative estimate of drug-likeness (QED) is 0.210. The first-order chi connectivity index (χ1) is 22.5. The summed E-state index contributed by atoms with van der Waals surface area (Å²) in [5.74, 6) is -0.656. The Morgan fingerprint density at radius 3 is 2.25 bits per heavy atom. The minimum absolute atomic E-state index is 0.00949. The Balaban J connectivity index is 1.79. The van der Waals surface area contributed by atoms with E-state index in [1.165, 1.54) is 30.0 Å². The number of nitrogens with zero attached hydrogens (tertiary/aromatic N) is 5. The molecule has 17 heteroatoms. The van der Waals surface area contributed by atoms with Crippen LogP contribution in [0.25, 0.3) is 0 Å². The molecule has 0 saturated heterocycles. The first kappa shape index (κ1) is 36.0. The number of benzene rings is 1. The highest BCUT2D eigenvalue weighted by Gasteiger charge is 2.39. The molecule has 1 aliphatic heterocycles. The van der Waals surface area contributed by atoms with Gasteiger partial charge < -0.3 is 24.8 Å². The SMILES string of the molecule is CCOC(=O)N1c2ccc(OC)nc2[C@@H](Nc2cc(N(C)CCC(=O)O)nc(Cc3cc(C(F)(F)F)cc(C(F)(F)F)c3)n2)C[C@H]1CC. The van der Waals surface area contributed by atoms with Gasteiger partial charge in [-0.2, -0.15) is 26.3 Å². The number of aromatic nitrogens is 3. The number of anilines is 3. The summed E-state index contributed by atoms with van der Waals surface area (Å²) >= 11 is 0. The number of alkyl halides is 6. The van der Waals surface area contributed by atoms with Gasteiger partial charge in [0.1, 0.15) is 17.5 Å². The molecule has 260 valence electrons. The average Bonchev–Trinajstić information content (AvgIpc) is 3.02. The Hall–Kier alpha value is -4.83. The van der Waals surface area contributed by atoms with E-state index in [9.17, 15) is 41.0 Å². The number of halogens is 6. The lowest BCUT2D eigenvalue weighted by Crippen LogP contribution is -2.46. The summed E-state index contributed by atoms with van der Waals surface area (Å²) in [6.07, 6.45) is -10.6. The predicted octanol–water partition coefficient (Wildman–Crippen LogP) is 6.72. The van der Waals surface area contributed by atoms with Gasteiger partial charge >= 0.3 is 24.4 Å². The van der Waals surface area contributed by atoms with Gasteiger partial charge in [0.2, 0.25) is 5.88 Å². The fourth-order valence-corrected chi connectivity index (χ4v) is 5.32. The number of carbonyl (C=O) groups excluding carboxylic acids is 1. The second-order valence-electron chi connectivity index (χ2n) is 11.0. The molecule has 0 fully saturated rings. The van der Waals surface area contributed by atoms with Crippen molar-refractivity contribution in [3.05, 3.63) is 64.6 Å². The molecule has 1 aliphatic rings. The second-order valence-corrected chi connectivity index (χ2v) is 11.0. The van der Waals surface area contributed by atoms with Crippen LogP contribution in [0.4, 0.5) is 48.5 Å². The van der Waals surface area contributed by atoms with Crippen molar-refractivity contribution in [3.63, 3.8) is 0 Å². The molecule has 48 heavy (non-hydrogen) atoms. The van der Waals surface area contributed by atoms with Gasteiger partial charge in [0.05, 0.1) is 48.7 Å². The van der Waals surface area contributed by atoms with Gasteiger partial charge in [0.15, 0.2) is 0 Å². The predicted molar refractivity (Wildman–Crippen MR) is 162 cm³/mol. The largest absolute Gasteiger partial charge is 0.481 e. The number of pyridine rings is 1. The zero-order chi connectivity index (χ0) is 35.4. The number of carboxylic acids is 1. The van der Waals surface area contributed by atoms with Crippen molar-refractivity contribution in [2.75, 3.05) is 42.4 Å². The number of nitrogens with one attached hydrogen (secondary N) is 1. The third-order valence-corrected chi connectivity index (χ3v) is 7.63. The summed E-state index contributed by atoms with van der Waals surface area (Å²) in [5, 5.41) is 12.4. The molecule has 2 N–H and O–H groups in total. The van der Waals surface area contributed by atoms with Crippen LogP contribution in [0.5, 0.6) is 5.88 Å². The lowest BCUT2D eigenvalue weighted by molar-refractivity contribution is -0.143. The summed E-state index contributed by atoms with van der Waals surface area (Å²) in [6.45, 7) is 3.70. The molecule has 0 bridgehead atoms. The topological polar surface area (TPSA) is 130 Å². The molecule has 0 radical (unpaired) electrons. The van der Waals surface area contributed by atoms with E-state index in [-0.39, 0.29) is 60.6 Å². The molecule has 1 amide bonds. The van der Waals surface area contributed by atoms with Crippen molar-refractivity contribution in [1.29, 1.82) is 0 Å². The molecule has 2 aromatic heterocycles. The number of ether oxygens (including phenoxy) is 2. The number of amides is 1. The molecule has 4 rings (SSSR count). The first-order valence-corrected chi connectivity index (χ1v) is 14.9. The zero-order valence-electron chi connectivity index (χ0n) is 26.4. The summed E-state index contributed by atoms with van der Waals surface area (Å²) in [6, 6.07) is 5.03. The van der Waals surface area contributed by atoms with Crippen molar-refractivity contribution >= 4 is 29.4 Å². The number of fused-ring (bicyclic) bond motifs is 1. The number of aliphatic carboxylic acids is 1. The smallest absolute Gasteiger partial charge is 0.416 e. The van der Waals surface area contributed by atoms with Crippen LogP contribution in [0.1, 0.15) is 67.4 Å². The van der Waals surface area contributed by atoms with Gasteiger partial charge in [-0.25, -0.2) is 19.7 Å². The van der Waals surface area contributed by atoms with Gasteiger partial charge in [-0.3, -0.25) is 9.69 Å². The summed E-state index contributed by atoms with van der Waals surface area (Å²) < 4.78 is 92.0. The Bertz CT molecular complexity index is 1600. The van der Waals surface area contributed by atoms with Crippen molar-refractivity contribution in [3.8, 4) is 5.88 Å². The number of rotatable bonds is 11. The molecule has 0 unspecified atom stereocenters. The van der Waals surface area contributed by atoms with E-state index in [0.29, 0.717) is 36.4 Å². The molecule has 3 heterocycles. The van der Waals surface area contributed by atoms with Crippen LogP contribution in [0.3, 0.4) is 0 Å². The Morgan fingerprint density at radius 2 is 1.69 bits per heavy atom. The highest BCUT2D eigenvalue weighted by molar-refractivity contribution is 5.90. The lowest BCUT2D eigenvalue weighted by atomic mass is 9.93. The maximum absolute atomic E-state index is 13.6. The second kappa shape index (κ2) is 14.5. The van der Waals surface area contributed by atoms with E-state index in [0.717, 1.165) is 0 Å². The molecular weight excluding hydrogens is 650 g/mol. The fourth-order valence-electron chi connectivity index (χ4n) is 5.32. The average molecular weight is 685 g/mol. The third kappa shape index (κ3) is 8.55. The maximum Gasteiger partial charge on any atom is 0.416 e. The molecule has 0 spiro atoms. The van der Waals surface area contributed by atoms with E-state index in [2.05, 4.69) is 20.3 Å². The van der Waals surface area contributed by atoms with Crippen molar-refractivity contribution in [2.24, 2.45) is 0 Å².